The Morgan fingerprint density at radius 3 is 2.20 bits per heavy atom. The zero-order chi connectivity index (χ0) is 14.4. The van der Waals surface area contributed by atoms with E-state index in [0.29, 0.717) is 0 Å². The molecule has 0 aliphatic heterocycles. The van der Waals surface area contributed by atoms with Crippen LogP contribution in [0.2, 0.25) is 5.02 Å². The topological polar surface area (TPSA) is 0 Å². The van der Waals surface area contributed by atoms with Gasteiger partial charge >= 0.3 is 0 Å². The molecular formula is C18H17ClS. The van der Waals surface area contributed by atoms with Crippen molar-refractivity contribution in [2.75, 3.05) is 6.26 Å². The summed E-state index contributed by atoms with van der Waals surface area (Å²) >= 11 is 7.77. The van der Waals surface area contributed by atoms with Gasteiger partial charge in [-0.1, -0.05) is 60.1 Å². The first kappa shape index (κ1) is 15.0. The van der Waals surface area contributed by atoms with E-state index in [0.717, 1.165) is 11.4 Å². The van der Waals surface area contributed by atoms with E-state index in [-0.39, 0.29) is 0 Å². The Labute approximate surface area is 130 Å². The van der Waals surface area contributed by atoms with Crippen molar-refractivity contribution in [3.05, 3.63) is 88.3 Å². The zero-order valence-electron chi connectivity index (χ0n) is 11.5. The number of allylic oxidation sites excluding steroid dienone is 2. The molecule has 0 heterocycles. The maximum absolute atomic E-state index is 6.00. The largest absolute Gasteiger partial charge is 0.133 e. The standard InChI is InChI=1S/C18H17ClS/c1-3-7-17(20-2)18(14-8-5-4-6-9-14)15-10-12-16(19)13-11-15/h3-6,8-13H,1,7H2,2H3/b18-17+. The van der Waals surface area contributed by atoms with Gasteiger partial charge in [0.2, 0.25) is 0 Å². The van der Waals surface area contributed by atoms with Crippen molar-refractivity contribution in [1.29, 1.82) is 0 Å². The highest BCUT2D eigenvalue weighted by Gasteiger charge is 2.10. The van der Waals surface area contributed by atoms with Crippen molar-refractivity contribution in [3.8, 4) is 0 Å². The van der Waals surface area contributed by atoms with Gasteiger partial charge in [0.1, 0.15) is 0 Å². The molecule has 0 aromatic heterocycles. The smallest absolute Gasteiger partial charge is 0.0406 e. The van der Waals surface area contributed by atoms with Crippen LogP contribution in [0.5, 0.6) is 0 Å². The third-order valence-electron chi connectivity index (χ3n) is 3.05. The lowest BCUT2D eigenvalue weighted by molar-refractivity contribution is 1.36. The van der Waals surface area contributed by atoms with Crippen LogP contribution in [0.4, 0.5) is 0 Å². The van der Waals surface area contributed by atoms with Gasteiger partial charge in [-0.25, -0.2) is 0 Å². The fourth-order valence-electron chi connectivity index (χ4n) is 2.13. The maximum atomic E-state index is 6.00. The quantitative estimate of drug-likeness (QED) is 0.607. The Morgan fingerprint density at radius 2 is 1.65 bits per heavy atom. The van der Waals surface area contributed by atoms with Crippen LogP contribution in [-0.4, -0.2) is 6.26 Å². The number of rotatable bonds is 5. The van der Waals surface area contributed by atoms with E-state index in [1.165, 1.54) is 21.6 Å². The highest BCUT2D eigenvalue weighted by molar-refractivity contribution is 8.02. The van der Waals surface area contributed by atoms with Gasteiger partial charge in [0.05, 0.1) is 0 Å². The molecule has 2 aromatic carbocycles. The summed E-state index contributed by atoms with van der Waals surface area (Å²) in [5.41, 5.74) is 3.67. The van der Waals surface area contributed by atoms with Gasteiger partial charge in [-0.15, -0.1) is 18.3 Å². The summed E-state index contributed by atoms with van der Waals surface area (Å²) < 4.78 is 0. The number of thioether (sulfide) groups is 1. The summed E-state index contributed by atoms with van der Waals surface area (Å²) in [4.78, 5) is 1.31. The third kappa shape index (κ3) is 3.56. The Kier molecular flexibility index (Phi) is 5.51. The average molecular weight is 301 g/mol. The van der Waals surface area contributed by atoms with Crippen LogP contribution in [0.3, 0.4) is 0 Å². The summed E-state index contributed by atoms with van der Waals surface area (Å²) in [5.74, 6) is 0. The molecule has 0 radical (unpaired) electrons. The predicted molar refractivity (Wildman–Crippen MR) is 92.2 cm³/mol. The summed E-state index contributed by atoms with van der Waals surface area (Å²) in [6.45, 7) is 3.86. The molecule has 0 atom stereocenters. The SMILES string of the molecule is C=CC/C(SC)=C(/c1ccccc1)c1ccc(Cl)cc1. The van der Waals surface area contributed by atoms with E-state index in [4.69, 9.17) is 11.6 Å². The normalized spacial score (nSPS) is 11.9. The molecule has 0 N–H and O–H groups in total. The van der Waals surface area contributed by atoms with Crippen LogP contribution >= 0.6 is 23.4 Å². The zero-order valence-corrected chi connectivity index (χ0v) is 13.0. The number of benzene rings is 2. The molecular weight excluding hydrogens is 284 g/mol. The molecule has 2 heteroatoms. The Balaban J connectivity index is 2.60. The molecule has 2 aromatic rings. The molecule has 0 fully saturated rings. The minimum Gasteiger partial charge on any atom is -0.133 e. The molecule has 0 spiro atoms. The molecule has 2 rings (SSSR count). The molecule has 0 bridgehead atoms. The first-order valence-electron chi connectivity index (χ1n) is 6.45. The summed E-state index contributed by atoms with van der Waals surface area (Å²) in [6.07, 6.45) is 4.93. The second-order valence-electron chi connectivity index (χ2n) is 4.37. The lowest BCUT2D eigenvalue weighted by atomic mass is 9.97. The predicted octanol–water partition coefficient (Wildman–Crippen LogP) is 6.04. The minimum atomic E-state index is 0.760. The number of hydrogen-bond donors (Lipinski definition) is 0. The highest BCUT2D eigenvalue weighted by atomic mass is 35.5. The van der Waals surface area contributed by atoms with E-state index in [1.54, 1.807) is 11.8 Å². The molecule has 20 heavy (non-hydrogen) atoms. The molecule has 0 saturated carbocycles. The molecule has 0 saturated heterocycles. The van der Waals surface area contributed by atoms with Gasteiger partial charge in [-0.3, -0.25) is 0 Å². The summed E-state index contributed by atoms with van der Waals surface area (Å²) in [7, 11) is 0. The summed E-state index contributed by atoms with van der Waals surface area (Å²) in [5, 5.41) is 0.760. The Hall–Kier alpha value is -1.44. The first-order valence-corrected chi connectivity index (χ1v) is 8.06. The Morgan fingerprint density at radius 1 is 1.05 bits per heavy atom. The van der Waals surface area contributed by atoms with Crippen LogP contribution < -0.4 is 0 Å². The molecule has 0 amide bonds. The van der Waals surface area contributed by atoms with E-state index in [1.807, 2.05) is 24.3 Å². The van der Waals surface area contributed by atoms with Gasteiger partial charge in [-0.2, -0.15) is 0 Å². The number of hydrogen-bond acceptors (Lipinski definition) is 1. The molecule has 0 nitrogen and oxygen atoms in total. The van der Waals surface area contributed by atoms with Crippen molar-refractivity contribution in [1.82, 2.24) is 0 Å². The number of halogens is 1. The van der Waals surface area contributed by atoms with Crippen molar-refractivity contribution >= 4 is 28.9 Å². The maximum Gasteiger partial charge on any atom is 0.0406 e. The van der Waals surface area contributed by atoms with Crippen molar-refractivity contribution in [2.24, 2.45) is 0 Å². The van der Waals surface area contributed by atoms with Crippen LogP contribution in [0.1, 0.15) is 17.5 Å². The van der Waals surface area contributed by atoms with Crippen LogP contribution in [0, 0.1) is 0 Å². The molecule has 0 unspecified atom stereocenters. The van der Waals surface area contributed by atoms with Gasteiger partial charge < -0.3 is 0 Å². The fraction of sp³-hybridized carbons (Fsp3) is 0.111. The molecule has 0 aliphatic carbocycles. The average Bonchev–Trinajstić information content (AvgIpc) is 2.49. The van der Waals surface area contributed by atoms with E-state index < -0.39 is 0 Å². The Bertz CT molecular complexity index is 597. The van der Waals surface area contributed by atoms with Crippen LogP contribution in [0.25, 0.3) is 5.57 Å². The monoisotopic (exact) mass is 300 g/mol. The summed E-state index contributed by atoms with van der Waals surface area (Å²) in [6, 6.07) is 18.5. The van der Waals surface area contributed by atoms with E-state index in [9.17, 15) is 0 Å². The minimum absolute atomic E-state index is 0.760. The van der Waals surface area contributed by atoms with Gasteiger partial charge in [0.25, 0.3) is 0 Å². The second-order valence-corrected chi connectivity index (χ2v) is 5.71. The van der Waals surface area contributed by atoms with E-state index in [2.05, 4.69) is 49.2 Å². The van der Waals surface area contributed by atoms with Gasteiger partial charge in [0, 0.05) is 5.02 Å². The third-order valence-corrected chi connectivity index (χ3v) is 4.17. The van der Waals surface area contributed by atoms with Crippen LogP contribution in [0.15, 0.2) is 72.2 Å². The lowest BCUT2D eigenvalue weighted by Gasteiger charge is -2.14. The lowest BCUT2D eigenvalue weighted by Crippen LogP contribution is -1.92. The second kappa shape index (κ2) is 7.37. The first-order chi connectivity index (χ1) is 9.76. The molecule has 102 valence electrons. The van der Waals surface area contributed by atoms with Crippen molar-refractivity contribution in [2.45, 2.75) is 6.42 Å². The van der Waals surface area contributed by atoms with Crippen molar-refractivity contribution < 1.29 is 0 Å². The van der Waals surface area contributed by atoms with Crippen molar-refractivity contribution in [3.63, 3.8) is 0 Å². The van der Waals surface area contributed by atoms with Crippen LogP contribution in [-0.2, 0) is 0 Å². The highest BCUT2D eigenvalue weighted by Crippen LogP contribution is 2.34. The molecule has 0 aliphatic rings. The van der Waals surface area contributed by atoms with Gasteiger partial charge in [0.15, 0.2) is 0 Å². The van der Waals surface area contributed by atoms with Gasteiger partial charge in [-0.05, 0) is 46.4 Å². The fourth-order valence-corrected chi connectivity index (χ4v) is 2.98. The van der Waals surface area contributed by atoms with E-state index >= 15 is 0 Å².